The molecule has 0 saturated carbocycles. The highest BCUT2D eigenvalue weighted by atomic mass is 19.1. The highest BCUT2D eigenvalue weighted by Gasteiger charge is 2.32. The van der Waals surface area contributed by atoms with E-state index in [1.807, 2.05) is 13.8 Å². The van der Waals surface area contributed by atoms with Crippen LogP contribution in [0, 0.1) is 5.82 Å². The van der Waals surface area contributed by atoms with Crippen LogP contribution in [0.2, 0.25) is 0 Å². The van der Waals surface area contributed by atoms with Gasteiger partial charge in [0.2, 0.25) is 0 Å². The number of cyclic esters (lactones) is 2. The van der Waals surface area contributed by atoms with Gasteiger partial charge in [0, 0.05) is 0 Å². The van der Waals surface area contributed by atoms with Crippen LogP contribution in [0.5, 0.6) is 0 Å². The maximum absolute atomic E-state index is 12.9. The van der Waals surface area contributed by atoms with Gasteiger partial charge in [0.1, 0.15) is 11.4 Å². The summed E-state index contributed by atoms with van der Waals surface area (Å²) >= 11 is 0. The third kappa shape index (κ3) is 1.51. The van der Waals surface area contributed by atoms with Crippen LogP contribution in [0.15, 0.2) is 18.2 Å². The number of hydrogen-bond acceptors (Lipinski definition) is 3. The molecule has 1 heterocycles. The van der Waals surface area contributed by atoms with Gasteiger partial charge in [0.15, 0.2) is 0 Å². The van der Waals surface area contributed by atoms with E-state index in [4.69, 9.17) is 0 Å². The average Bonchev–Trinajstić information content (AvgIpc) is 2.47. The van der Waals surface area contributed by atoms with Gasteiger partial charge in [-0.15, -0.1) is 0 Å². The number of ether oxygens (including phenoxy) is 1. The molecule has 0 aromatic heterocycles. The van der Waals surface area contributed by atoms with Crippen molar-refractivity contribution >= 4 is 11.9 Å². The molecule has 0 amide bonds. The number of carbonyl (C=O) groups is 2. The summed E-state index contributed by atoms with van der Waals surface area (Å²) in [6.07, 6.45) is 0. The number of halogens is 1. The molecular weight excluding hydrogens is 187 g/mol. The first-order chi connectivity index (χ1) is 6.70. The Morgan fingerprint density at radius 2 is 1.79 bits per heavy atom. The van der Waals surface area contributed by atoms with Crippen molar-refractivity contribution in [2.75, 3.05) is 0 Å². The first-order valence-electron chi connectivity index (χ1n) is 4.25. The Kier molecular flexibility index (Phi) is 2.96. The summed E-state index contributed by atoms with van der Waals surface area (Å²) in [5, 5.41) is 0. The zero-order chi connectivity index (χ0) is 10.7. The zero-order valence-corrected chi connectivity index (χ0v) is 7.83. The molecule has 1 aromatic rings. The fraction of sp³-hybridized carbons (Fsp3) is 0.200. The monoisotopic (exact) mass is 196 g/mol. The molecule has 0 fully saturated rings. The minimum absolute atomic E-state index is 0.000000000000000444. The van der Waals surface area contributed by atoms with Crippen LogP contribution in [0.25, 0.3) is 0 Å². The summed E-state index contributed by atoms with van der Waals surface area (Å²) in [4.78, 5) is 21.6. The lowest BCUT2D eigenvalue weighted by molar-refractivity contribution is 0.0442. The highest BCUT2D eigenvalue weighted by molar-refractivity contribution is 6.14. The van der Waals surface area contributed by atoms with E-state index >= 15 is 0 Å². The maximum Gasteiger partial charge on any atom is 0.349 e. The predicted octanol–water partition coefficient (Wildman–Crippen LogP) is 2.16. The number of hydrogen-bond donors (Lipinski definition) is 0. The van der Waals surface area contributed by atoms with Crippen LogP contribution in [-0.4, -0.2) is 11.9 Å². The highest BCUT2D eigenvalue weighted by Crippen LogP contribution is 2.21. The molecule has 4 heteroatoms. The van der Waals surface area contributed by atoms with Crippen LogP contribution in [0.3, 0.4) is 0 Å². The summed E-state index contributed by atoms with van der Waals surface area (Å²) in [6, 6.07) is 3.82. The molecule has 3 nitrogen and oxygen atoms in total. The molecule has 0 radical (unpaired) electrons. The van der Waals surface area contributed by atoms with Crippen molar-refractivity contribution in [1.82, 2.24) is 0 Å². The van der Waals surface area contributed by atoms with Gasteiger partial charge in [-0.05, 0) is 12.1 Å². The normalized spacial score (nSPS) is 12.8. The number of fused-ring (bicyclic) bond motifs is 1. The topological polar surface area (TPSA) is 43.4 Å². The molecule has 2 rings (SSSR count). The molecule has 14 heavy (non-hydrogen) atoms. The molecule has 0 bridgehead atoms. The summed E-state index contributed by atoms with van der Waals surface area (Å²) in [5.74, 6) is -2.41. The van der Waals surface area contributed by atoms with Crippen molar-refractivity contribution in [3.63, 3.8) is 0 Å². The average molecular weight is 196 g/mol. The summed E-state index contributed by atoms with van der Waals surface area (Å²) in [7, 11) is 0. The quantitative estimate of drug-likeness (QED) is 0.471. The molecular formula is C10H9FO3. The molecule has 1 aliphatic heterocycles. The number of benzene rings is 1. The lowest BCUT2D eigenvalue weighted by Gasteiger charge is -1.91. The van der Waals surface area contributed by atoms with Crippen LogP contribution in [0.1, 0.15) is 34.6 Å². The molecule has 0 saturated heterocycles. The van der Waals surface area contributed by atoms with Crippen molar-refractivity contribution in [3.05, 3.63) is 35.1 Å². The SMILES string of the molecule is CC.O=C1OC(=O)c2c(F)cccc21. The minimum Gasteiger partial charge on any atom is -0.386 e. The van der Waals surface area contributed by atoms with Gasteiger partial charge in [-0.2, -0.15) is 0 Å². The molecule has 0 spiro atoms. The van der Waals surface area contributed by atoms with Gasteiger partial charge in [0.25, 0.3) is 0 Å². The van der Waals surface area contributed by atoms with Crippen LogP contribution < -0.4 is 0 Å². The fourth-order valence-corrected chi connectivity index (χ4v) is 1.09. The van der Waals surface area contributed by atoms with Crippen molar-refractivity contribution in [1.29, 1.82) is 0 Å². The Bertz CT molecular complexity index is 385. The summed E-state index contributed by atoms with van der Waals surface area (Å²) in [5.41, 5.74) is -0.262. The van der Waals surface area contributed by atoms with E-state index in [0.717, 1.165) is 6.07 Å². The molecule has 0 N–H and O–H groups in total. The molecule has 0 atom stereocenters. The minimum atomic E-state index is -0.909. The van der Waals surface area contributed by atoms with Gasteiger partial charge < -0.3 is 4.74 Å². The largest absolute Gasteiger partial charge is 0.386 e. The van der Waals surface area contributed by atoms with Gasteiger partial charge in [-0.3, -0.25) is 0 Å². The smallest absolute Gasteiger partial charge is 0.349 e. The van der Waals surface area contributed by atoms with E-state index < -0.39 is 17.8 Å². The third-order valence-electron chi connectivity index (χ3n) is 1.62. The van der Waals surface area contributed by atoms with Gasteiger partial charge in [-0.1, -0.05) is 19.9 Å². The second-order valence-corrected chi connectivity index (χ2v) is 2.34. The predicted molar refractivity (Wildman–Crippen MR) is 47.5 cm³/mol. The van der Waals surface area contributed by atoms with Gasteiger partial charge >= 0.3 is 11.9 Å². The van der Waals surface area contributed by atoms with E-state index in [-0.39, 0.29) is 11.1 Å². The Hall–Kier alpha value is -1.71. The first kappa shape index (κ1) is 10.4. The Morgan fingerprint density at radius 3 is 2.36 bits per heavy atom. The lowest BCUT2D eigenvalue weighted by Crippen LogP contribution is -1.98. The van der Waals surface area contributed by atoms with E-state index in [0.29, 0.717) is 0 Å². The molecule has 0 aliphatic carbocycles. The second kappa shape index (κ2) is 4.00. The number of carbonyl (C=O) groups excluding carboxylic acids is 2. The standard InChI is InChI=1S/C8H3FO3.C2H6/c9-5-3-1-2-4-6(5)8(11)12-7(4)10;1-2/h1-3H;1-2H3. The Labute approximate surface area is 80.5 Å². The van der Waals surface area contributed by atoms with Crippen LogP contribution >= 0.6 is 0 Å². The summed E-state index contributed by atoms with van der Waals surface area (Å²) < 4.78 is 17.1. The van der Waals surface area contributed by atoms with E-state index in [9.17, 15) is 14.0 Å². The molecule has 0 unspecified atom stereocenters. The van der Waals surface area contributed by atoms with E-state index in [2.05, 4.69) is 4.74 Å². The zero-order valence-electron chi connectivity index (χ0n) is 7.83. The van der Waals surface area contributed by atoms with E-state index in [1.54, 1.807) is 0 Å². The van der Waals surface area contributed by atoms with Gasteiger partial charge in [0.05, 0.1) is 5.56 Å². The van der Waals surface area contributed by atoms with Crippen molar-refractivity contribution in [3.8, 4) is 0 Å². The number of rotatable bonds is 0. The molecule has 74 valence electrons. The van der Waals surface area contributed by atoms with Crippen molar-refractivity contribution < 1.29 is 18.7 Å². The maximum atomic E-state index is 12.9. The van der Waals surface area contributed by atoms with Crippen LogP contribution in [0.4, 0.5) is 4.39 Å². The number of esters is 2. The van der Waals surface area contributed by atoms with Crippen molar-refractivity contribution in [2.45, 2.75) is 13.8 Å². The Morgan fingerprint density at radius 1 is 1.14 bits per heavy atom. The lowest BCUT2D eigenvalue weighted by atomic mass is 10.1. The summed E-state index contributed by atoms with van der Waals surface area (Å²) in [6.45, 7) is 4.00. The van der Waals surface area contributed by atoms with E-state index in [1.165, 1.54) is 12.1 Å². The third-order valence-corrected chi connectivity index (χ3v) is 1.62. The molecule has 1 aromatic carbocycles. The van der Waals surface area contributed by atoms with Crippen LogP contribution in [-0.2, 0) is 4.74 Å². The Balaban J connectivity index is 0.000000461. The van der Waals surface area contributed by atoms with Gasteiger partial charge in [-0.25, -0.2) is 14.0 Å². The van der Waals surface area contributed by atoms with Crippen molar-refractivity contribution in [2.24, 2.45) is 0 Å². The second-order valence-electron chi connectivity index (χ2n) is 2.34. The molecule has 1 aliphatic rings. The fourth-order valence-electron chi connectivity index (χ4n) is 1.09. The first-order valence-corrected chi connectivity index (χ1v) is 4.25.